The van der Waals surface area contributed by atoms with Gasteiger partial charge in [-0.2, -0.15) is 4.52 Å². The van der Waals surface area contributed by atoms with Crippen LogP contribution in [0.15, 0.2) is 29.3 Å². The van der Waals surface area contributed by atoms with Gasteiger partial charge >= 0.3 is 0 Å². The van der Waals surface area contributed by atoms with Crippen molar-refractivity contribution in [3.05, 3.63) is 46.0 Å². The van der Waals surface area contributed by atoms with Crippen LogP contribution in [-0.4, -0.2) is 32.8 Å². The van der Waals surface area contributed by atoms with Crippen molar-refractivity contribution >= 4 is 17.7 Å². The Balaban J connectivity index is 0.00000208. The van der Waals surface area contributed by atoms with Gasteiger partial charge in [0, 0.05) is 37.1 Å². The fourth-order valence-electron chi connectivity index (χ4n) is 2.67. The van der Waals surface area contributed by atoms with Gasteiger partial charge in [0.1, 0.15) is 6.33 Å². The third kappa shape index (κ3) is 2.40. The smallest absolute Gasteiger partial charge is 0.278 e. The number of H-pyrrole nitrogens is 1. The maximum Gasteiger partial charge on any atom is 0.278 e. The maximum absolute atomic E-state index is 12.7. The monoisotopic (exact) mass is 312 g/mol. The Labute approximate surface area is 134 Å². The summed E-state index contributed by atoms with van der Waals surface area (Å²) in [5.74, 6) is 0.348. The molecule has 0 fully saturated rings. The third-order valence-corrected chi connectivity index (χ3v) is 3.79. The lowest BCUT2D eigenvalue weighted by molar-refractivity contribution is 0.797. The summed E-state index contributed by atoms with van der Waals surface area (Å²) >= 11 is 0. The van der Waals surface area contributed by atoms with Crippen LogP contribution in [0.25, 0.3) is 17.0 Å². The summed E-state index contributed by atoms with van der Waals surface area (Å²) in [7, 11) is 1.81. The van der Waals surface area contributed by atoms with Crippen LogP contribution in [0.5, 0.6) is 0 Å². The predicted octanol–water partition coefficient (Wildman–Crippen LogP) is 2.49. The fraction of sp³-hybridized carbons (Fsp3) is 0.250. The molecule has 120 valence electrons. The van der Waals surface area contributed by atoms with Crippen molar-refractivity contribution in [3.63, 3.8) is 0 Å². The molecule has 0 radical (unpaired) electrons. The molecular weight excluding hydrogens is 292 g/mol. The number of fused-ring (bicyclic) bond motifs is 1. The van der Waals surface area contributed by atoms with Gasteiger partial charge in [-0.3, -0.25) is 9.89 Å². The van der Waals surface area contributed by atoms with Crippen molar-refractivity contribution in [1.29, 1.82) is 5.41 Å². The van der Waals surface area contributed by atoms with Crippen LogP contribution >= 0.6 is 0 Å². The Morgan fingerprint density at radius 3 is 2.87 bits per heavy atom. The molecule has 0 bridgehead atoms. The van der Waals surface area contributed by atoms with Gasteiger partial charge in [0.15, 0.2) is 0 Å². The molecule has 1 aromatic carbocycles. The van der Waals surface area contributed by atoms with E-state index in [1.165, 1.54) is 17.1 Å². The van der Waals surface area contributed by atoms with Crippen LogP contribution in [0.4, 0.5) is 5.69 Å². The molecule has 3 aromatic rings. The highest BCUT2D eigenvalue weighted by molar-refractivity contribution is 5.88. The molecule has 3 N–H and O–H groups in total. The predicted molar refractivity (Wildman–Crippen MR) is 92.7 cm³/mol. The lowest BCUT2D eigenvalue weighted by Gasteiger charge is -2.13. The minimum absolute atomic E-state index is 0. The van der Waals surface area contributed by atoms with E-state index in [2.05, 4.69) is 20.4 Å². The van der Waals surface area contributed by atoms with Crippen LogP contribution in [0.3, 0.4) is 0 Å². The highest BCUT2D eigenvalue weighted by Crippen LogP contribution is 2.28. The zero-order valence-electron chi connectivity index (χ0n) is 13.2. The molecule has 0 aliphatic heterocycles. The average Bonchev–Trinajstić information content (AvgIpc) is 3.02. The summed E-state index contributed by atoms with van der Waals surface area (Å²) in [6.45, 7) is 3.92. The van der Waals surface area contributed by atoms with Gasteiger partial charge in [0.2, 0.25) is 0 Å². The summed E-state index contributed by atoms with van der Waals surface area (Å²) in [5.41, 5.74) is 3.49. The number of benzene rings is 1. The molecule has 0 amide bonds. The van der Waals surface area contributed by atoms with Crippen molar-refractivity contribution in [1.82, 2.24) is 19.6 Å². The molecule has 0 spiro atoms. The number of nitrogens with zero attached hydrogens (tertiary/aromatic N) is 3. The molecule has 0 aliphatic carbocycles. The molecule has 0 atom stereocenters. The minimum Gasteiger partial charge on any atom is -0.388 e. The van der Waals surface area contributed by atoms with E-state index in [0.717, 1.165) is 16.8 Å². The number of anilines is 1. The van der Waals surface area contributed by atoms with Gasteiger partial charge in [-0.15, -0.1) is 0 Å². The number of hydrogen-bond donors (Lipinski definition) is 3. The minimum atomic E-state index is -0.147. The molecule has 0 saturated carbocycles. The van der Waals surface area contributed by atoms with Crippen LogP contribution in [0, 0.1) is 5.41 Å². The lowest BCUT2D eigenvalue weighted by atomic mass is 9.97. The van der Waals surface area contributed by atoms with Crippen LogP contribution in [0.1, 0.15) is 32.3 Å². The van der Waals surface area contributed by atoms with Gasteiger partial charge in [-0.1, -0.05) is 19.9 Å². The second-order valence-electron chi connectivity index (χ2n) is 5.55. The number of nitrogens with one attached hydrogen (secondary N) is 3. The van der Waals surface area contributed by atoms with Crippen molar-refractivity contribution in [2.24, 2.45) is 0 Å². The quantitative estimate of drug-likeness (QED) is 0.644. The largest absolute Gasteiger partial charge is 0.388 e. The number of hydrogen-bond acceptors (Lipinski definition) is 5. The SMILES string of the molecule is CNc1ccc(-c2nc3nc[nH]n3c(=O)c2C(C)C)cc1C=N.[HH]. The van der Waals surface area contributed by atoms with E-state index in [9.17, 15) is 4.79 Å². The van der Waals surface area contributed by atoms with E-state index in [4.69, 9.17) is 5.41 Å². The summed E-state index contributed by atoms with van der Waals surface area (Å²) in [6, 6.07) is 5.64. The van der Waals surface area contributed by atoms with E-state index in [0.29, 0.717) is 17.0 Å². The highest BCUT2D eigenvalue weighted by Gasteiger charge is 2.19. The van der Waals surface area contributed by atoms with Gasteiger partial charge in [0.05, 0.1) is 5.69 Å². The second kappa shape index (κ2) is 5.68. The first kappa shape index (κ1) is 15.0. The molecule has 23 heavy (non-hydrogen) atoms. The van der Waals surface area contributed by atoms with Crippen LogP contribution in [-0.2, 0) is 0 Å². The first-order valence-corrected chi connectivity index (χ1v) is 7.35. The van der Waals surface area contributed by atoms with Crippen molar-refractivity contribution < 1.29 is 1.43 Å². The van der Waals surface area contributed by atoms with Crippen molar-refractivity contribution in [2.75, 3.05) is 12.4 Å². The molecule has 7 heteroatoms. The molecule has 2 heterocycles. The van der Waals surface area contributed by atoms with Gasteiger partial charge in [-0.05, 0) is 18.1 Å². The van der Waals surface area contributed by atoms with Crippen molar-refractivity contribution in [3.8, 4) is 11.3 Å². The highest BCUT2D eigenvalue weighted by atomic mass is 16.1. The standard InChI is InChI=1S/C16H18N6O.H2/c1-9(2)13-14(21-16-19-8-20-22(16)15(13)23)10-4-5-12(18-3)11(6-10)7-17;/h4-9,17-18H,1-3H3,(H,19,20,21);1H. The average molecular weight is 312 g/mol. The number of aromatic amines is 1. The topological polar surface area (TPSA) is 98.9 Å². The maximum atomic E-state index is 12.7. The summed E-state index contributed by atoms with van der Waals surface area (Å²) < 4.78 is 1.35. The Bertz CT molecular complexity index is 943. The Morgan fingerprint density at radius 1 is 1.43 bits per heavy atom. The van der Waals surface area contributed by atoms with Gasteiger partial charge in [-0.25, -0.2) is 9.97 Å². The van der Waals surface area contributed by atoms with E-state index >= 15 is 0 Å². The van der Waals surface area contributed by atoms with Crippen LogP contribution in [0.2, 0.25) is 0 Å². The first-order valence-electron chi connectivity index (χ1n) is 7.35. The van der Waals surface area contributed by atoms with E-state index in [1.54, 1.807) is 0 Å². The third-order valence-electron chi connectivity index (χ3n) is 3.79. The normalized spacial score (nSPS) is 11.1. The molecule has 7 nitrogen and oxygen atoms in total. The van der Waals surface area contributed by atoms with E-state index in [-0.39, 0.29) is 12.9 Å². The van der Waals surface area contributed by atoms with E-state index < -0.39 is 0 Å². The number of aromatic nitrogens is 4. The molecule has 0 unspecified atom stereocenters. The number of rotatable bonds is 4. The fourth-order valence-corrected chi connectivity index (χ4v) is 2.67. The van der Waals surface area contributed by atoms with Crippen LogP contribution < -0.4 is 10.9 Å². The lowest BCUT2D eigenvalue weighted by Crippen LogP contribution is -2.22. The summed E-state index contributed by atoms with van der Waals surface area (Å²) in [6.07, 6.45) is 2.73. The van der Waals surface area contributed by atoms with Crippen molar-refractivity contribution in [2.45, 2.75) is 19.8 Å². The molecule has 0 aliphatic rings. The molecular formula is C16H20N6O. The summed E-state index contributed by atoms with van der Waals surface area (Å²) in [4.78, 5) is 21.3. The Kier molecular flexibility index (Phi) is 3.69. The zero-order chi connectivity index (χ0) is 16.6. The van der Waals surface area contributed by atoms with Gasteiger partial charge in [0.25, 0.3) is 11.3 Å². The molecule has 0 saturated heterocycles. The Morgan fingerprint density at radius 2 is 2.22 bits per heavy atom. The molecule has 2 aromatic heterocycles. The summed E-state index contributed by atoms with van der Waals surface area (Å²) in [5, 5.41) is 13.4. The van der Waals surface area contributed by atoms with Gasteiger partial charge < -0.3 is 10.7 Å². The second-order valence-corrected chi connectivity index (χ2v) is 5.55. The van der Waals surface area contributed by atoms with E-state index in [1.807, 2.05) is 39.1 Å². The first-order chi connectivity index (χ1) is 11.1. The molecule has 3 rings (SSSR count). The zero-order valence-corrected chi connectivity index (χ0v) is 13.2. The Hall–Kier alpha value is -2.96.